The van der Waals surface area contributed by atoms with E-state index in [2.05, 4.69) is 0 Å². The molecular weight excluding hydrogens is 324 g/mol. The van der Waals surface area contributed by atoms with Gasteiger partial charge in [0.15, 0.2) is 5.54 Å². The van der Waals surface area contributed by atoms with Gasteiger partial charge in [0.2, 0.25) is 0 Å². The second-order valence-electron chi connectivity index (χ2n) is 7.35. The molecule has 3 rings (SSSR count). The number of hydrogen-bond acceptors (Lipinski definition) is 6. The van der Waals surface area contributed by atoms with Crippen molar-refractivity contribution in [3.8, 4) is 0 Å². The van der Waals surface area contributed by atoms with Gasteiger partial charge >= 0.3 is 12.1 Å². The molecule has 25 heavy (non-hydrogen) atoms. The van der Waals surface area contributed by atoms with E-state index in [4.69, 9.17) is 9.57 Å². The topological polar surface area (TPSA) is 76.2 Å². The fourth-order valence-electron chi connectivity index (χ4n) is 3.11. The summed E-state index contributed by atoms with van der Waals surface area (Å²) in [6, 6.07) is 8.60. The molecule has 2 aliphatic rings. The molecular formula is C18H22N2O5. The number of nitrogens with zero attached hydrogens (tertiary/aromatic N) is 2. The van der Waals surface area contributed by atoms with Gasteiger partial charge in [-0.2, -0.15) is 0 Å². The Bertz CT molecular complexity index is 697. The van der Waals surface area contributed by atoms with Crippen LogP contribution in [0.5, 0.6) is 0 Å². The molecule has 1 aromatic rings. The first-order valence-electron chi connectivity index (χ1n) is 8.33. The number of benzene rings is 1. The molecule has 0 N–H and O–H groups in total. The molecule has 0 aromatic heterocycles. The minimum Gasteiger partial charge on any atom is -0.443 e. The van der Waals surface area contributed by atoms with Gasteiger partial charge in [-0.15, -0.1) is 5.06 Å². The molecule has 0 bridgehead atoms. The maximum atomic E-state index is 12.6. The normalized spacial score (nSPS) is 23.5. The van der Waals surface area contributed by atoms with Crippen LogP contribution < -0.4 is 0 Å². The number of ether oxygens (including phenoxy) is 1. The lowest BCUT2D eigenvalue weighted by Crippen LogP contribution is -2.73. The van der Waals surface area contributed by atoms with E-state index in [9.17, 15) is 14.4 Å². The molecule has 2 saturated heterocycles. The first-order valence-corrected chi connectivity index (χ1v) is 8.33. The van der Waals surface area contributed by atoms with Crippen molar-refractivity contribution < 1.29 is 24.0 Å². The number of imide groups is 1. The molecule has 1 spiro atoms. The van der Waals surface area contributed by atoms with Crippen LogP contribution in [0.1, 0.15) is 44.0 Å². The fourth-order valence-corrected chi connectivity index (χ4v) is 3.11. The number of carbonyl (C=O) groups is 3. The lowest BCUT2D eigenvalue weighted by molar-refractivity contribution is -0.203. The van der Waals surface area contributed by atoms with E-state index in [1.165, 1.54) is 5.06 Å². The van der Waals surface area contributed by atoms with Crippen LogP contribution in [0.4, 0.5) is 4.79 Å². The lowest BCUT2D eigenvalue weighted by Gasteiger charge is -2.48. The highest BCUT2D eigenvalue weighted by Crippen LogP contribution is 2.40. The Morgan fingerprint density at radius 2 is 1.84 bits per heavy atom. The number of carbonyl (C=O) groups excluding carboxylic acids is 3. The number of β-lactam (4-membered cyclic amide) rings is 1. The van der Waals surface area contributed by atoms with Gasteiger partial charge in [-0.05, 0) is 45.7 Å². The first kappa shape index (κ1) is 17.4. The van der Waals surface area contributed by atoms with Crippen molar-refractivity contribution in [3.63, 3.8) is 0 Å². The standard InChI is InChI=1S/C18H22N2O5/c1-17(2,3)24-16(23)19-12-18(15(19)22)10-7-11-20(18)25-14(21)13-8-5-4-6-9-13/h4-6,8-9H,7,10-12H2,1-3H3/t18-/m1/s1. The van der Waals surface area contributed by atoms with Gasteiger partial charge in [-0.1, -0.05) is 18.2 Å². The minimum atomic E-state index is -0.943. The van der Waals surface area contributed by atoms with Gasteiger partial charge in [0.05, 0.1) is 12.1 Å². The molecule has 0 saturated carbocycles. The summed E-state index contributed by atoms with van der Waals surface area (Å²) in [5, 5.41) is 1.42. The van der Waals surface area contributed by atoms with E-state index in [1.807, 2.05) is 6.07 Å². The monoisotopic (exact) mass is 346 g/mol. The van der Waals surface area contributed by atoms with Crippen molar-refractivity contribution in [2.24, 2.45) is 0 Å². The van der Waals surface area contributed by atoms with Crippen LogP contribution in [0.15, 0.2) is 30.3 Å². The van der Waals surface area contributed by atoms with E-state index < -0.39 is 23.2 Å². The second kappa shape index (κ2) is 6.15. The number of likely N-dealkylation sites (tertiary alicyclic amines) is 1. The summed E-state index contributed by atoms with van der Waals surface area (Å²) in [6.45, 7) is 5.87. The first-order chi connectivity index (χ1) is 11.7. The Labute approximate surface area is 146 Å². The number of amides is 2. The van der Waals surface area contributed by atoms with Crippen molar-refractivity contribution in [1.29, 1.82) is 0 Å². The molecule has 2 amide bonds. The summed E-state index contributed by atoms with van der Waals surface area (Å²) >= 11 is 0. The SMILES string of the molecule is CC(C)(C)OC(=O)N1C[C@]2(CCCN2OC(=O)c2ccccc2)C1=O. The average molecular weight is 346 g/mol. The summed E-state index contributed by atoms with van der Waals surface area (Å²) in [6.07, 6.45) is 0.604. The molecule has 0 aliphatic carbocycles. The van der Waals surface area contributed by atoms with E-state index >= 15 is 0 Å². The molecule has 7 heteroatoms. The quantitative estimate of drug-likeness (QED) is 0.765. The minimum absolute atomic E-state index is 0.169. The maximum absolute atomic E-state index is 12.6. The average Bonchev–Trinajstić information content (AvgIpc) is 2.97. The van der Waals surface area contributed by atoms with E-state index in [-0.39, 0.29) is 12.5 Å². The van der Waals surface area contributed by atoms with E-state index in [0.29, 0.717) is 18.5 Å². The molecule has 7 nitrogen and oxygen atoms in total. The van der Waals surface area contributed by atoms with Gasteiger partial charge in [-0.25, -0.2) is 14.5 Å². The number of rotatable bonds is 2. The highest BCUT2D eigenvalue weighted by Gasteiger charge is 2.62. The van der Waals surface area contributed by atoms with Gasteiger partial charge in [0.25, 0.3) is 5.91 Å². The third-order valence-corrected chi connectivity index (χ3v) is 4.31. The van der Waals surface area contributed by atoms with E-state index in [0.717, 1.165) is 11.3 Å². The van der Waals surface area contributed by atoms with Crippen molar-refractivity contribution in [2.75, 3.05) is 13.1 Å². The summed E-state index contributed by atoms with van der Waals surface area (Å²) < 4.78 is 5.24. The van der Waals surface area contributed by atoms with Gasteiger partial charge in [0, 0.05) is 6.54 Å². The molecule has 0 radical (unpaired) electrons. The summed E-state index contributed by atoms with van der Waals surface area (Å²) in [5.41, 5.74) is -1.20. The Kier molecular flexibility index (Phi) is 4.28. The van der Waals surface area contributed by atoms with Crippen LogP contribution >= 0.6 is 0 Å². The number of hydroxylamine groups is 2. The van der Waals surface area contributed by atoms with Crippen LogP contribution in [-0.4, -0.2) is 52.2 Å². The summed E-state index contributed by atoms with van der Waals surface area (Å²) in [7, 11) is 0. The summed E-state index contributed by atoms with van der Waals surface area (Å²) in [4.78, 5) is 43.5. The number of hydrogen-bond donors (Lipinski definition) is 0. The fraction of sp³-hybridized carbons (Fsp3) is 0.500. The third-order valence-electron chi connectivity index (χ3n) is 4.31. The van der Waals surface area contributed by atoms with E-state index in [1.54, 1.807) is 45.0 Å². The van der Waals surface area contributed by atoms with Crippen LogP contribution in [0, 0.1) is 0 Å². The van der Waals surface area contributed by atoms with Crippen LogP contribution in [-0.2, 0) is 14.4 Å². The molecule has 134 valence electrons. The van der Waals surface area contributed by atoms with Gasteiger partial charge in [0.1, 0.15) is 5.60 Å². The predicted octanol–water partition coefficient (Wildman–Crippen LogP) is 2.37. The molecule has 2 heterocycles. The van der Waals surface area contributed by atoms with Crippen molar-refractivity contribution in [2.45, 2.75) is 44.8 Å². The molecule has 2 fully saturated rings. The van der Waals surface area contributed by atoms with Crippen molar-refractivity contribution >= 4 is 18.0 Å². The van der Waals surface area contributed by atoms with Crippen molar-refractivity contribution in [1.82, 2.24) is 9.96 Å². The molecule has 1 aromatic carbocycles. The zero-order chi connectivity index (χ0) is 18.2. The van der Waals surface area contributed by atoms with Crippen LogP contribution in [0.25, 0.3) is 0 Å². The Morgan fingerprint density at radius 1 is 1.16 bits per heavy atom. The molecule has 0 unspecified atom stereocenters. The highest BCUT2D eigenvalue weighted by molar-refractivity contribution is 6.04. The zero-order valence-corrected chi connectivity index (χ0v) is 14.7. The Hall–Kier alpha value is -2.41. The Balaban J connectivity index is 1.67. The molecule has 2 aliphatic heterocycles. The highest BCUT2D eigenvalue weighted by atomic mass is 16.7. The maximum Gasteiger partial charge on any atom is 0.417 e. The van der Waals surface area contributed by atoms with Crippen LogP contribution in [0.2, 0.25) is 0 Å². The van der Waals surface area contributed by atoms with Gasteiger partial charge in [-0.3, -0.25) is 4.79 Å². The summed E-state index contributed by atoms with van der Waals surface area (Å²) in [5.74, 6) is -0.884. The largest absolute Gasteiger partial charge is 0.443 e. The smallest absolute Gasteiger partial charge is 0.417 e. The Morgan fingerprint density at radius 3 is 2.44 bits per heavy atom. The van der Waals surface area contributed by atoms with Crippen LogP contribution in [0.3, 0.4) is 0 Å². The van der Waals surface area contributed by atoms with Gasteiger partial charge < -0.3 is 9.57 Å². The predicted molar refractivity (Wildman–Crippen MR) is 88.5 cm³/mol. The molecule has 1 atom stereocenters. The lowest BCUT2D eigenvalue weighted by atomic mass is 9.87. The second-order valence-corrected chi connectivity index (χ2v) is 7.35. The zero-order valence-electron chi connectivity index (χ0n) is 14.7. The third kappa shape index (κ3) is 3.24. The van der Waals surface area contributed by atoms with Crippen molar-refractivity contribution in [3.05, 3.63) is 35.9 Å².